The van der Waals surface area contributed by atoms with E-state index in [4.69, 9.17) is 14.2 Å². The minimum atomic E-state index is -0.362. The molecule has 1 heterocycles. The van der Waals surface area contributed by atoms with Crippen LogP contribution in [0, 0.1) is 20.8 Å². The minimum Gasteiger partial charge on any atom is -0.482 e. The highest BCUT2D eigenvalue weighted by Gasteiger charge is 2.41. The van der Waals surface area contributed by atoms with E-state index in [0.717, 1.165) is 12.2 Å². The van der Waals surface area contributed by atoms with E-state index in [-0.39, 0.29) is 5.60 Å². The van der Waals surface area contributed by atoms with Crippen LogP contribution in [-0.2, 0) is 15.9 Å². The summed E-state index contributed by atoms with van der Waals surface area (Å²) in [5, 5.41) is 0. The highest BCUT2D eigenvalue weighted by Crippen LogP contribution is 2.40. The Balaban J connectivity index is 2.29. The topological polar surface area (TPSA) is 27.7 Å². The maximum atomic E-state index is 6.27. The summed E-state index contributed by atoms with van der Waals surface area (Å²) < 4.78 is 17.6. The lowest BCUT2D eigenvalue weighted by molar-refractivity contribution is -0.0632. The van der Waals surface area contributed by atoms with Gasteiger partial charge in [0, 0.05) is 25.2 Å². The van der Waals surface area contributed by atoms with E-state index < -0.39 is 0 Å². The third kappa shape index (κ3) is 2.84. The van der Waals surface area contributed by atoms with Crippen molar-refractivity contribution in [2.75, 3.05) is 26.4 Å². The van der Waals surface area contributed by atoms with Gasteiger partial charge in [0.1, 0.15) is 5.75 Å². The molecule has 0 spiro atoms. The molecule has 0 atom stereocenters. The molecule has 0 N–H and O–H groups in total. The highest BCUT2D eigenvalue weighted by molar-refractivity contribution is 5.51. The quantitative estimate of drug-likeness (QED) is 0.798. The maximum Gasteiger partial charge on any atom is 0.159 e. The molecule has 1 aromatic carbocycles. The fourth-order valence-electron chi connectivity index (χ4n) is 2.78. The zero-order valence-corrected chi connectivity index (χ0v) is 13.3. The average Bonchev–Trinajstić information content (AvgIpc) is 2.80. The van der Waals surface area contributed by atoms with Crippen molar-refractivity contribution in [3.8, 4) is 5.75 Å². The molecule has 0 radical (unpaired) electrons. The molecule has 1 aliphatic rings. The van der Waals surface area contributed by atoms with Gasteiger partial charge >= 0.3 is 0 Å². The molecule has 20 heavy (non-hydrogen) atoms. The van der Waals surface area contributed by atoms with Gasteiger partial charge in [0.05, 0.1) is 13.2 Å². The van der Waals surface area contributed by atoms with Gasteiger partial charge in [-0.15, -0.1) is 0 Å². The molecule has 0 aromatic heterocycles. The predicted octanol–water partition coefficient (Wildman–Crippen LogP) is 3.36. The number of hydrogen-bond donors (Lipinski definition) is 0. The fourth-order valence-corrected chi connectivity index (χ4v) is 2.78. The number of fused-ring (bicyclic) bond motifs is 1. The van der Waals surface area contributed by atoms with E-state index in [1.807, 2.05) is 13.8 Å². The summed E-state index contributed by atoms with van der Waals surface area (Å²) >= 11 is 0. The SMILES string of the molecule is CCOCC1(COCC)Cc2c(cc(C)c(C)c2C)O1. The Morgan fingerprint density at radius 2 is 1.65 bits per heavy atom. The molecule has 0 saturated carbocycles. The molecule has 0 fully saturated rings. The highest BCUT2D eigenvalue weighted by atomic mass is 16.6. The van der Waals surface area contributed by atoms with Crippen LogP contribution in [-0.4, -0.2) is 32.0 Å². The number of benzene rings is 1. The zero-order chi connectivity index (χ0) is 14.8. The van der Waals surface area contributed by atoms with Crippen molar-refractivity contribution in [2.24, 2.45) is 0 Å². The van der Waals surface area contributed by atoms with Crippen LogP contribution < -0.4 is 4.74 Å². The van der Waals surface area contributed by atoms with Crippen LogP contribution >= 0.6 is 0 Å². The van der Waals surface area contributed by atoms with Gasteiger partial charge in [-0.1, -0.05) is 0 Å². The lowest BCUT2D eigenvalue weighted by Crippen LogP contribution is -2.44. The van der Waals surface area contributed by atoms with Crippen molar-refractivity contribution < 1.29 is 14.2 Å². The molecular formula is C17H26O3. The largest absolute Gasteiger partial charge is 0.482 e. The fraction of sp³-hybridized carbons (Fsp3) is 0.647. The van der Waals surface area contributed by atoms with E-state index in [9.17, 15) is 0 Å². The van der Waals surface area contributed by atoms with Crippen molar-refractivity contribution in [1.29, 1.82) is 0 Å². The number of hydrogen-bond acceptors (Lipinski definition) is 3. The second kappa shape index (κ2) is 6.15. The summed E-state index contributed by atoms with van der Waals surface area (Å²) in [5.41, 5.74) is 4.93. The Kier molecular flexibility index (Phi) is 4.71. The summed E-state index contributed by atoms with van der Waals surface area (Å²) in [4.78, 5) is 0. The first kappa shape index (κ1) is 15.3. The Hall–Kier alpha value is -1.06. The molecule has 112 valence electrons. The average molecular weight is 278 g/mol. The summed E-state index contributed by atoms with van der Waals surface area (Å²) in [5.74, 6) is 1.00. The molecular weight excluding hydrogens is 252 g/mol. The molecule has 0 amide bonds. The monoisotopic (exact) mass is 278 g/mol. The number of ether oxygens (including phenoxy) is 3. The van der Waals surface area contributed by atoms with Crippen LogP contribution in [0.25, 0.3) is 0 Å². The summed E-state index contributed by atoms with van der Waals surface area (Å²) in [7, 11) is 0. The number of aryl methyl sites for hydroxylation is 1. The van der Waals surface area contributed by atoms with Gasteiger partial charge < -0.3 is 14.2 Å². The normalized spacial score (nSPS) is 16.1. The van der Waals surface area contributed by atoms with Gasteiger partial charge in [-0.05, 0) is 57.4 Å². The second-order valence-corrected chi connectivity index (χ2v) is 5.66. The Morgan fingerprint density at radius 3 is 2.20 bits per heavy atom. The first-order valence-corrected chi connectivity index (χ1v) is 7.47. The third-order valence-corrected chi connectivity index (χ3v) is 4.22. The Bertz CT molecular complexity index is 472. The lowest BCUT2D eigenvalue weighted by atomic mass is 9.92. The molecule has 1 aromatic rings. The van der Waals surface area contributed by atoms with Gasteiger partial charge in [-0.25, -0.2) is 0 Å². The van der Waals surface area contributed by atoms with E-state index in [1.165, 1.54) is 22.3 Å². The third-order valence-electron chi connectivity index (χ3n) is 4.22. The van der Waals surface area contributed by atoms with Crippen molar-refractivity contribution in [3.05, 3.63) is 28.3 Å². The van der Waals surface area contributed by atoms with Crippen LogP contribution in [0.1, 0.15) is 36.1 Å². The summed E-state index contributed by atoms with van der Waals surface area (Å²) in [6, 6.07) is 2.15. The maximum absolute atomic E-state index is 6.27. The smallest absolute Gasteiger partial charge is 0.159 e. The van der Waals surface area contributed by atoms with Crippen LogP contribution in [0.15, 0.2) is 6.07 Å². The van der Waals surface area contributed by atoms with Crippen LogP contribution in [0.2, 0.25) is 0 Å². The molecule has 0 saturated heterocycles. The molecule has 0 bridgehead atoms. The predicted molar refractivity (Wildman–Crippen MR) is 80.7 cm³/mol. The standard InChI is InChI=1S/C17H26O3/c1-6-18-10-17(11-19-7-2)9-15-14(5)13(4)12(3)8-16(15)20-17/h8H,6-7,9-11H2,1-5H3. The van der Waals surface area contributed by atoms with Crippen molar-refractivity contribution >= 4 is 0 Å². The summed E-state index contributed by atoms with van der Waals surface area (Å²) in [6.45, 7) is 13.1. The first-order chi connectivity index (χ1) is 9.53. The summed E-state index contributed by atoms with van der Waals surface area (Å²) in [6.07, 6.45) is 0.870. The first-order valence-electron chi connectivity index (χ1n) is 7.47. The molecule has 3 nitrogen and oxygen atoms in total. The Labute approximate surface area is 122 Å². The van der Waals surface area contributed by atoms with E-state index >= 15 is 0 Å². The Morgan fingerprint density at radius 1 is 1.05 bits per heavy atom. The zero-order valence-electron chi connectivity index (χ0n) is 13.3. The molecule has 1 aliphatic heterocycles. The molecule has 0 unspecified atom stereocenters. The number of rotatable bonds is 6. The van der Waals surface area contributed by atoms with Crippen LogP contribution in [0.5, 0.6) is 5.75 Å². The van der Waals surface area contributed by atoms with E-state index in [0.29, 0.717) is 26.4 Å². The molecule has 3 heteroatoms. The van der Waals surface area contributed by atoms with Gasteiger partial charge in [-0.2, -0.15) is 0 Å². The van der Waals surface area contributed by atoms with Crippen LogP contribution in [0.3, 0.4) is 0 Å². The molecule has 2 rings (SSSR count). The lowest BCUT2D eigenvalue weighted by Gasteiger charge is -2.28. The van der Waals surface area contributed by atoms with Crippen molar-refractivity contribution in [1.82, 2.24) is 0 Å². The van der Waals surface area contributed by atoms with Gasteiger partial charge in [0.25, 0.3) is 0 Å². The van der Waals surface area contributed by atoms with E-state index in [1.54, 1.807) is 0 Å². The van der Waals surface area contributed by atoms with Crippen molar-refractivity contribution in [3.63, 3.8) is 0 Å². The van der Waals surface area contributed by atoms with E-state index in [2.05, 4.69) is 26.8 Å². The molecule has 0 aliphatic carbocycles. The second-order valence-electron chi connectivity index (χ2n) is 5.66. The van der Waals surface area contributed by atoms with Crippen LogP contribution in [0.4, 0.5) is 0 Å². The van der Waals surface area contributed by atoms with Gasteiger partial charge in [0.15, 0.2) is 5.60 Å². The van der Waals surface area contributed by atoms with Crippen molar-refractivity contribution in [2.45, 2.75) is 46.6 Å². The van der Waals surface area contributed by atoms with Gasteiger partial charge in [-0.3, -0.25) is 0 Å². The van der Waals surface area contributed by atoms with Gasteiger partial charge in [0.2, 0.25) is 0 Å². The minimum absolute atomic E-state index is 0.362.